The Balaban J connectivity index is 4.17. The Bertz CT molecular complexity index is 163. The molecule has 2 nitrogen and oxygen atoms in total. The van der Waals surface area contributed by atoms with Gasteiger partial charge in [0.15, 0.2) is 0 Å². The summed E-state index contributed by atoms with van der Waals surface area (Å²) in [6, 6.07) is 0. The molecular formula is C11H22O2. The van der Waals surface area contributed by atoms with Gasteiger partial charge < -0.3 is 9.84 Å². The fraction of sp³-hybridized carbons (Fsp3) is 0.818. The van der Waals surface area contributed by atoms with E-state index < -0.39 is 0 Å². The number of hydrogen-bond donors (Lipinski definition) is 1. The van der Waals surface area contributed by atoms with Crippen LogP contribution in [-0.4, -0.2) is 24.4 Å². The Hall–Kier alpha value is -0.340. The Morgan fingerprint density at radius 1 is 1.54 bits per heavy atom. The minimum absolute atomic E-state index is 0.0650. The molecular weight excluding hydrogens is 164 g/mol. The number of hydrogen-bond acceptors (Lipinski definition) is 2. The van der Waals surface area contributed by atoms with Crippen LogP contribution in [0.4, 0.5) is 0 Å². The highest BCUT2D eigenvalue weighted by Crippen LogP contribution is 2.24. The molecule has 0 aliphatic heterocycles. The lowest BCUT2D eigenvalue weighted by Crippen LogP contribution is -2.27. The molecule has 0 aliphatic rings. The smallest absolute Gasteiger partial charge is 0.0687 e. The summed E-state index contributed by atoms with van der Waals surface area (Å²) in [5.41, 5.74) is 1.13. The molecule has 0 fully saturated rings. The van der Waals surface area contributed by atoms with Gasteiger partial charge in [0.1, 0.15) is 0 Å². The highest BCUT2D eigenvalue weighted by Gasteiger charge is 2.22. The van der Waals surface area contributed by atoms with Crippen LogP contribution in [0.1, 0.15) is 40.0 Å². The van der Waals surface area contributed by atoms with Crippen LogP contribution >= 0.6 is 0 Å². The van der Waals surface area contributed by atoms with E-state index in [0.717, 1.165) is 19.3 Å². The van der Waals surface area contributed by atoms with Crippen LogP contribution in [0.15, 0.2) is 11.6 Å². The first kappa shape index (κ1) is 12.7. The van der Waals surface area contributed by atoms with Crippen molar-refractivity contribution in [2.75, 3.05) is 13.7 Å². The molecule has 0 radical (unpaired) electrons. The minimum Gasteiger partial charge on any atom is -0.392 e. The van der Waals surface area contributed by atoms with Gasteiger partial charge in [-0.3, -0.25) is 0 Å². The largest absolute Gasteiger partial charge is 0.392 e. The van der Waals surface area contributed by atoms with E-state index in [1.165, 1.54) is 5.57 Å². The predicted molar refractivity (Wildman–Crippen MR) is 55.8 cm³/mol. The van der Waals surface area contributed by atoms with Crippen molar-refractivity contribution in [1.82, 2.24) is 0 Å². The van der Waals surface area contributed by atoms with Crippen molar-refractivity contribution in [2.24, 2.45) is 0 Å². The molecule has 0 aromatic heterocycles. The molecule has 0 spiro atoms. The lowest BCUT2D eigenvalue weighted by Gasteiger charge is -2.28. The fourth-order valence-electron chi connectivity index (χ4n) is 1.61. The number of aliphatic hydroxyl groups is 1. The van der Waals surface area contributed by atoms with Crippen LogP contribution < -0.4 is 0 Å². The maximum atomic E-state index is 8.72. The standard InChI is InChI=1S/C11H22O2/c1-5-7-11(3,13-4)9-10(2)6-8-12/h6,12H,5,7-9H2,1-4H3/b10-6+. The molecule has 1 unspecified atom stereocenters. The third-order valence-electron chi connectivity index (χ3n) is 2.36. The average molecular weight is 186 g/mol. The monoisotopic (exact) mass is 186 g/mol. The summed E-state index contributed by atoms with van der Waals surface area (Å²) in [5, 5.41) is 8.72. The van der Waals surface area contributed by atoms with Gasteiger partial charge in [-0.15, -0.1) is 0 Å². The van der Waals surface area contributed by atoms with E-state index in [4.69, 9.17) is 9.84 Å². The Labute approximate surface area is 81.6 Å². The maximum Gasteiger partial charge on any atom is 0.0687 e. The molecule has 0 aromatic rings. The maximum absolute atomic E-state index is 8.72. The molecule has 2 heteroatoms. The quantitative estimate of drug-likeness (QED) is 0.646. The molecule has 0 bridgehead atoms. The summed E-state index contributed by atoms with van der Waals surface area (Å²) >= 11 is 0. The van der Waals surface area contributed by atoms with Gasteiger partial charge >= 0.3 is 0 Å². The summed E-state index contributed by atoms with van der Waals surface area (Å²) < 4.78 is 5.47. The van der Waals surface area contributed by atoms with Gasteiger partial charge in [0.25, 0.3) is 0 Å². The van der Waals surface area contributed by atoms with E-state index >= 15 is 0 Å². The lowest BCUT2D eigenvalue weighted by molar-refractivity contribution is -0.00131. The predicted octanol–water partition coefficient (Wildman–Crippen LogP) is 2.52. The van der Waals surface area contributed by atoms with Gasteiger partial charge in [-0.2, -0.15) is 0 Å². The molecule has 1 N–H and O–H groups in total. The molecule has 0 saturated heterocycles. The Morgan fingerprint density at radius 2 is 2.15 bits per heavy atom. The minimum atomic E-state index is -0.0650. The molecule has 0 aliphatic carbocycles. The zero-order valence-corrected chi connectivity index (χ0v) is 9.26. The van der Waals surface area contributed by atoms with E-state index in [1.54, 1.807) is 7.11 Å². The topological polar surface area (TPSA) is 29.5 Å². The zero-order chi connectivity index (χ0) is 10.3. The number of rotatable bonds is 6. The first-order chi connectivity index (χ1) is 6.08. The van der Waals surface area contributed by atoms with E-state index in [0.29, 0.717) is 0 Å². The number of ether oxygens (including phenoxy) is 1. The van der Waals surface area contributed by atoms with Gasteiger partial charge in [-0.05, 0) is 26.7 Å². The van der Waals surface area contributed by atoms with E-state index in [2.05, 4.69) is 13.8 Å². The third kappa shape index (κ3) is 5.06. The van der Waals surface area contributed by atoms with Gasteiger partial charge in [-0.1, -0.05) is 25.0 Å². The molecule has 0 saturated carbocycles. The van der Waals surface area contributed by atoms with Crippen LogP contribution in [0.3, 0.4) is 0 Å². The van der Waals surface area contributed by atoms with Crippen molar-refractivity contribution in [3.8, 4) is 0 Å². The highest BCUT2D eigenvalue weighted by molar-refractivity contribution is 5.03. The van der Waals surface area contributed by atoms with E-state index in [-0.39, 0.29) is 12.2 Å². The average Bonchev–Trinajstić information content (AvgIpc) is 2.05. The van der Waals surface area contributed by atoms with Crippen molar-refractivity contribution in [1.29, 1.82) is 0 Å². The van der Waals surface area contributed by atoms with Gasteiger partial charge in [0.2, 0.25) is 0 Å². The van der Waals surface area contributed by atoms with Crippen molar-refractivity contribution in [3.63, 3.8) is 0 Å². The molecule has 1 atom stereocenters. The molecule has 78 valence electrons. The number of methoxy groups -OCH3 is 1. The Morgan fingerprint density at radius 3 is 2.54 bits per heavy atom. The molecule has 0 rings (SSSR count). The summed E-state index contributed by atoms with van der Waals surface area (Å²) in [6.07, 6.45) is 4.92. The first-order valence-electron chi connectivity index (χ1n) is 4.89. The van der Waals surface area contributed by atoms with Crippen LogP contribution in [-0.2, 0) is 4.74 Å². The van der Waals surface area contributed by atoms with Crippen molar-refractivity contribution >= 4 is 0 Å². The van der Waals surface area contributed by atoms with Crippen LogP contribution in [0.5, 0.6) is 0 Å². The van der Waals surface area contributed by atoms with Crippen LogP contribution in [0.2, 0.25) is 0 Å². The molecule has 0 heterocycles. The van der Waals surface area contributed by atoms with E-state index in [9.17, 15) is 0 Å². The summed E-state index contributed by atoms with van der Waals surface area (Å²) in [4.78, 5) is 0. The molecule has 0 aromatic carbocycles. The second-order valence-electron chi connectivity index (χ2n) is 3.81. The molecule has 0 amide bonds. The third-order valence-corrected chi connectivity index (χ3v) is 2.36. The van der Waals surface area contributed by atoms with Gasteiger partial charge in [0, 0.05) is 7.11 Å². The first-order valence-corrected chi connectivity index (χ1v) is 4.89. The Kier molecular flexibility index (Phi) is 6.00. The van der Waals surface area contributed by atoms with Crippen LogP contribution in [0.25, 0.3) is 0 Å². The normalized spacial score (nSPS) is 17.2. The molecule has 13 heavy (non-hydrogen) atoms. The van der Waals surface area contributed by atoms with E-state index in [1.807, 2.05) is 13.0 Å². The number of aliphatic hydroxyl groups excluding tert-OH is 1. The van der Waals surface area contributed by atoms with Crippen molar-refractivity contribution < 1.29 is 9.84 Å². The van der Waals surface area contributed by atoms with Crippen LogP contribution in [0, 0.1) is 0 Å². The second-order valence-corrected chi connectivity index (χ2v) is 3.81. The lowest BCUT2D eigenvalue weighted by atomic mass is 9.92. The summed E-state index contributed by atoms with van der Waals surface area (Å²) in [7, 11) is 1.75. The summed E-state index contributed by atoms with van der Waals surface area (Å²) in [6.45, 7) is 6.43. The van der Waals surface area contributed by atoms with Crippen molar-refractivity contribution in [2.45, 2.75) is 45.6 Å². The second kappa shape index (κ2) is 6.17. The summed E-state index contributed by atoms with van der Waals surface area (Å²) in [5.74, 6) is 0. The van der Waals surface area contributed by atoms with Gasteiger partial charge in [0.05, 0.1) is 12.2 Å². The SMILES string of the molecule is CCCC(C)(C/C(C)=C/CO)OC. The highest BCUT2D eigenvalue weighted by atomic mass is 16.5. The zero-order valence-electron chi connectivity index (χ0n) is 9.26. The van der Waals surface area contributed by atoms with Gasteiger partial charge in [-0.25, -0.2) is 0 Å². The van der Waals surface area contributed by atoms with Crippen molar-refractivity contribution in [3.05, 3.63) is 11.6 Å². The fourth-order valence-corrected chi connectivity index (χ4v) is 1.61.